The average Bonchev–Trinajstić information content (AvgIpc) is 3.45. The van der Waals surface area contributed by atoms with Crippen LogP contribution in [0.1, 0.15) is 35.4 Å². The number of fused-ring (bicyclic) bond motifs is 4. The van der Waals surface area contributed by atoms with E-state index in [4.69, 9.17) is 44.3 Å². The fraction of sp³-hybridized carbons (Fsp3) is 0.297. The van der Waals surface area contributed by atoms with Crippen LogP contribution in [0.25, 0.3) is 12.2 Å². The molecule has 0 aromatic heterocycles. The normalized spacial score (nSPS) is 28.9. The molecule has 0 bridgehead atoms. The molecule has 6 atom stereocenters. The van der Waals surface area contributed by atoms with Gasteiger partial charge in [-0.15, -0.1) is 23.2 Å². The summed E-state index contributed by atoms with van der Waals surface area (Å²) >= 11 is 24.4. The van der Waals surface area contributed by atoms with Crippen molar-refractivity contribution in [3.63, 3.8) is 0 Å². The van der Waals surface area contributed by atoms with Crippen LogP contribution in [0.4, 0.5) is 5.69 Å². The van der Waals surface area contributed by atoms with Crippen LogP contribution in [0.5, 0.6) is 17.2 Å². The first-order valence-corrected chi connectivity index (χ1v) is 18.0. The minimum Gasteiger partial charge on any atom is -0.508 e. The second-order valence-electron chi connectivity index (χ2n) is 12.7. The highest BCUT2D eigenvalue weighted by molar-refractivity contribution is 9.09. The van der Waals surface area contributed by atoms with Crippen molar-refractivity contribution in [1.29, 1.82) is 0 Å². The Hall–Kier alpha value is -3.83. The van der Waals surface area contributed by atoms with E-state index in [-0.39, 0.29) is 35.0 Å². The van der Waals surface area contributed by atoms with Crippen molar-refractivity contribution in [1.82, 2.24) is 4.90 Å². The van der Waals surface area contributed by atoms with Gasteiger partial charge >= 0.3 is 0 Å². The molecule has 1 saturated carbocycles. The van der Waals surface area contributed by atoms with Crippen LogP contribution >= 0.6 is 50.7 Å². The molecule has 2 saturated heterocycles. The molecule has 6 unspecified atom stereocenters. The molecule has 0 radical (unpaired) electrons. The summed E-state index contributed by atoms with van der Waals surface area (Å²) in [5, 5.41) is 10.2. The Morgan fingerprint density at radius 3 is 2.32 bits per heavy atom. The molecule has 1 N–H and O–H groups in total. The summed E-state index contributed by atoms with van der Waals surface area (Å²) in [6.45, 7) is 0. The number of alkyl halides is 3. The number of allylic oxidation sites excluding steroid dienone is 2. The summed E-state index contributed by atoms with van der Waals surface area (Å²) in [4.78, 5) is 54.3. The van der Waals surface area contributed by atoms with Gasteiger partial charge in [0.1, 0.15) is 17.2 Å². The number of halogens is 4. The molecular formula is C37H30BrCl3N2O7. The van der Waals surface area contributed by atoms with Crippen molar-refractivity contribution >= 4 is 92.2 Å². The van der Waals surface area contributed by atoms with Gasteiger partial charge in [0.05, 0.1) is 37.2 Å². The number of imide groups is 2. The standard InChI is InChI=1S/C37H30BrCl3N2O7/c1-49-23-10-14-29(50-2)20(15-23)6-3-19-4-7-21(8-5-19)43-32(45)26-13-12-24-27(30(26)33(43)46)17-36(40)34(47)42(18-38)35(48)37(36,41)31(24)25-11-9-22(44)16-28(25)39/h3-12,14-16,26-27,30-31,44H,13,17-18H2,1-2H3. The van der Waals surface area contributed by atoms with Crippen LogP contribution in [0.15, 0.2) is 72.3 Å². The molecule has 50 heavy (non-hydrogen) atoms. The first-order chi connectivity index (χ1) is 23.9. The first kappa shape index (κ1) is 34.6. The van der Waals surface area contributed by atoms with Crippen molar-refractivity contribution in [3.05, 3.63) is 94.0 Å². The van der Waals surface area contributed by atoms with Crippen LogP contribution in [-0.2, 0) is 19.2 Å². The number of hydrogen-bond acceptors (Lipinski definition) is 7. The summed E-state index contributed by atoms with van der Waals surface area (Å²) in [5.41, 5.74) is 2.89. The van der Waals surface area contributed by atoms with Crippen LogP contribution < -0.4 is 14.4 Å². The van der Waals surface area contributed by atoms with Gasteiger partial charge < -0.3 is 14.6 Å². The van der Waals surface area contributed by atoms with E-state index in [1.165, 1.54) is 17.0 Å². The molecule has 7 rings (SSSR count). The molecular weight excluding hydrogens is 771 g/mol. The molecule has 13 heteroatoms. The number of phenols is 1. The number of benzene rings is 3. The number of ether oxygens (including phenoxy) is 2. The minimum absolute atomic E-state index is 0.103. The Labute approximate surface area is 311 Å². The number of amides is 4. The van der Waals surface area contributed by atoms with Gasteiger partial charge in [0.15, 0.2) is 9.75 Å². The first-order valence-electron chi connectivity index (χ1n) is 15.8. The number of hydrogen-bond donors (Lipinski definition) is 1. The lowest BCUT2D eigenvalue weighted by atomic mass is 9.56. The third-order valence-corrected chi connectivity index (χ3v) is 12.6. The second-order valence-corrected chi connectivity index (χ2v) is 14.9. The smallest absolute Gasteiger partial charge is 0.254 e. The van der Waals surface area contributed by atoms with Crippen molar-refractivity contribution in [2.24, 2.45) is 17.8 Å². The Morgan fingerprint density at radius 2 is 1.66 bits per heavy atom. The zero-order chi connectivity index (χ0) is 35.7. The van der Waals surface area contributed by atoms with Crippen molar-refractivity contribution in [2.75, 3.05) is 24.6 Å². The maximum Gasteiger partial charge on any atom is 0.254 e. The van der Waals surface area contributed by atoms with Gasteiger partial charge in [0, 0.05) is 16.5 Å². The number of anilines is 1. The quantitative estimate of drug-likeness (QED) is 0.0889. The van der Waals surface area contributed by atoms with Gasteiger partial charge in [-0.05, 0) is 72.4 Å². The fourth-order valence-electron chi connectivity index (χ4n) is 7.99. The summed E-state index contributed by atoms with van der Waals surface area (Å²) < 4.78 is 10.8. The summed E-state index contributed by atoms with van der Waals surface area (Å²) in [6, 6.07) is 16.8. The van der Waals surface area contributed by atoms with Crippen LogP contribution in [0.2, 0.25) is 5.02 Å². The van der Waals surface area contributed by atoms with Gasteiger partial charge in [-0.3, -0.25) is 29.0 Å². The Balaban J connectivity index is 1.23. The van der Waals surface area contributed by atoms with Crippen LogP contribution in [0, 0.1) is 17.8 Å². The molecule has 0 spiro atoms. The molecule has 3 aromatic rings. The minimum atomic E-state index is -1.99. The molecule has 4 aliphatic rings. The highest BCUT2D eigenvalue weighted by Gasteiger charge is 2.76. The molecule has 3 fully saturated rings. The number of nitrogens with zero attached hydrogens (tertiary/aromatic N) is 2. The third kappa shape index (κ3) is 5.01. The van der Waals surface area contributed by atoms with E-state index >= 15 is 0 Å². The predicted molar refractivity (Wildman–Crippen MR) is 194 cm³/mol. The number of rotatable bonds is 7. The average molecular weight is 801 g/mol. The van der Waals surface area contributed by atoms with E-state index in [1.807, 2.05) is 36.4 Å². The van der Waals surface area contributed by atoms with Crippen molar-refractivity contribution < 1.29 is 33.8 Å². The third-order valence-electron chi connectivity index (χ3n) is 10.4. The van der Waals surface area contributed by atoms with Crippen LogP contribution in [0.3, 0.4) is 0 Å². The highest BCUT2D eigenvalue weighted by Crippen LogP contribution is 2.66. The van der Waals surface area contributed by atoms with Crippen LogP contribution in [-0.4, -0.2) is 63.1 Å². The maximum absolute atomic E-state index is 14.4. The van der Waals surface area contributed by atoms with E-state index in [1.54, 1.807) is 44.6 Å². The molecule has 2 aliphatic heterocycles. The topological polar surface area (TPSA) is 113 Å². The van der Waals surface area contributed by atoms with Gasteiger partial charge in [-0.1, -0.05) is 69.5 Å². The number of methoxy groups -OCH3 is 2. The van der Waals surface area contributed by atoms with Gasteiger partial charge in [-0.2, -0.15) is 0 Å². The predicted octanol–water partition coefficient (Wildman–Crippen LogP) is 7.15. The number of likely N-dealkylation sites (tertiary alicyclic amines) is 1. The summed E-state index contributed by atoms with van der Waals surface area (Å²) in [5.74, 6) is -4.22. The van der Waals surface area contributed by atoms with Crippen molar-refractivity contribution in [2.45, 2.75) is 28.5 Å². The zero-order valence-corrected chi connectivity index (χ0v) is 30.6. The number of aromatic hydroxyl groups is 1. The van der Waals surface area contributed by atoms with E-state index in [2.05, 4.69) is 15.9 Å². The maximum atomic E-state index is 14.4. The number of carbonyl (C=O) groups excluding carboxylic acids is 4. The Bertz CT molecular complexity index is 2020. The summed E-state index contributed by atoms with van der Waals surface area (Å²) in [7, 11) is 3.18. The van der Waals surface area contributed by atoms with Gasteiger partial charge in [0.25, 0.3) is 11.8 Å². The molecule has 2 heterocycles. The Morgan fingerprint density at radius 1 is 0.920 bits per heavy atom. The Kier molecular flexibility index (Phi) is 8.82. The largest absolute Gasteiger partial charge is 0.508 e. The molecule has 258 valence electrons. The van der Waals surface area contributed by atoms with E-state index in [9.17, 15) is 24.3 Å². The zero-order valence-electron chi connectivity index (χ0n) is 26.7. The van der Waals surface area contributed by atoms with Gasteiger partial charge in [0.2, 0.25) is 11.8 Å². The molecule has 4 amide bonds. The number of phenolic OH excluding ortho intramolecular Hbond substituents is 1. The SMILES string of the molecule is COc1ccc(OC)c(C=Cc2ccc(N3C(=O)C4CC=C5C(CC6(Cl)C(=O)N(CBr)C(=O)C6(Cl)C5c5ccc(O)cc5Cl)C4C3=O)cc2)c1. The van der Waals surface area contributed by atoms with E-state index < -0.39 is 51.1 Å². The molecule has 3 aromatic carbocycles. The fourth-order valence-corrected chi connectivity index (χ4v) is 9.69. The summed E-state index contributed by atoms with van der Waals surface area (Å²) in [6.07, 6.45) is 5.67. The lowest BCUT2D eigenvalue weighted by Crippen LogP contribution is -2.60. The lowest BCUT2D eigenvalue weighted by molar-refractivity contribution is -0.138. The van der Waals surface area contributed by atoms with Gasteiger partial charge in [-0.25, -0.2) is 0 Å². The monoisotopic (exact) mass is 798 g/mol. The number of carbonyl (C=O) groups is 4. The highest BCUT2D eigenvalue weighted by atomic mass is 79.9. The molecule has 9 nitrogen and oxygen atoms in total. The lowest BCUT2D eigenvalue weighted by Gasteiger charge is -2.51. The second kappa shape index (κ2) is 12.7. The van der Waals surface area contributed by atoms with Crippen molar-refractivity contribution in [3.8, 4) is 17.2 Å². The molecule has 2 aliphatic carbocycles. The van der Waals surface area contributed by atoms with E-state index in [0.717, 1.165) is 16.0 Å². The van der Waals surface area contributed by atoms with E-state index in [0.29, 0.717) is 28.3 Å².